The number of rotatable bonds is 2. The number of hydrogen-bond donors (Lipinski definition) is 0. The Labute approximate surface area is 102 Å². The zero-order valence-corrected chi connectivity index (χ0v) is 10.5. The molecule has 0 spiro atoms. The molecule has 1 fully saturated rings. The summed E-state index contributed by atoms with van der Waals surface area (Å²) in [4.78, 5) is 4.13. The predicted octanol–water partition coefficient (Wildman–Crippen LogP) is 3.12. The lowest BCUT2D eigenvalue weighted by Crippen LogP contribution is -2.20. The van der Waals surface area contributed by atoms with E-state index in [0.717, 1.165) is 26.1 Å². The normalized spacial score (nSPS) is 20.1. The molecule has 2 rings (SSSR count). The van der Waals surface area contributed by atoms with Crippen LogP contribution in [0.25, 0.3) is 0 Å². The van der Waals surface area contributed by atoms with Crippen molar-refractivity contribution in [1.29, 1.82) is 0 Å². The van der Waals surface area contributed by atoms with Crippen LogP contribution in [0.1, 0.15) is 22.5 Å². The Balaban J connectivity index is 2.12. The fourth-order valence-corrected chi connectivity index (χ4v) is 3.01. The van der Waals surface area contributed by atoms with Crippen LogP contribution in [0.15, 0.2) is 18.3 Å². The summed E-state index contributed by atoms with van der Waals surface area (Å²) in [5, 5.41) is 0. The molecule has 0 N–H and O–H groups in total. The van der Waals surface area contributed by atoms with Gasteiger partial charge < -0.3 is 4.74 Å². The quantitative estimate of drug-likeness (QED) is 0.617. The molecule has 0 amide bonds. The number of aromatic nitrogens is 1. The van der Waals surface area contributed by atoms with E-state index >= 15 is 0 Å². The molecule has 2 nitrogen and oxygen atoms in total. The first-order valence-electron chi connectivity index (χ1n) is 5.11. The van der Waals surface area contributed by atoms with Crippen molar-refractivity contribution in [3.05, 3.63) is 29.8 Å². The van der Waals surface area contributed by atoms with Crippen LogP contribution in [-0.4, -0.2) is 18.2 Å². The highest BCUT2D eigenvalue weighted by Crippen LogP contribution is 2.37. The first-order valence-corrected chi connectivity index (χ1v) is 6.36. The molecule has 0 aromatic carbocycles. The van der Waals surface area contributed by atoms with E-state index in [0.29, 0.717) is 11.6 Å². The van der Waals surface area contributed by atoms with Crippen molar-refractivity contribution in [3.8, 4) is 0 Å². The third-order valence-electron chi connectivity index (χ3n) is 2.73. The second kappa shape index (κ2) is 5.21. The van der Waals surface area contributed by atoms with E-state index in [1.54, 1.807) is 12.3 Å². The van der Waals surface area contributed by atoms with Gasteiger partial charge in [-0.15, -0.1) is 0 Å². The standard InChI is InChI=1S/C11H13FINO/c12-9-2-1-5-14-11(9)10(13)8-3-6-15-7-4-8/h1-2,5,8,10H,3-4,6-7H2. The van der Waals surface area contributed by atoms with Crippen LogP contribution in [0.5, 0.6) is 0 Å². The second-order valence-electron chi connectivity index (χ2n) is 3.72. The Kier molecular flexibility index (Phi) is 3.91. The summed E-state index contributed by atoms with van der Waals surface area (Å²) in [5.41, 5.74) is 0.588. The minimum Gasteiger partial charge on any atom is -0.381 e. The molecule has 0 aliphatic carbocycles. The summed E-state index contributed by atoms with van der Waals surface area (Å²) in [6.45, 7) is 1.58. The molecule has 0 saturated carbocycles. The minimum atomic E-state index is -0.191. The van der Waals surface area contributed by atoms with Crippen molar-refractivity contribution < 1.29 is 9.13 Å². The van der Waals surface area contributed by atoms with E-state index in [1.807, 2.05) is 0 Å². The molecule has 0 radical (unpaired) electrons. The van der Waals surface area contributed by atoms with E-state index in [2.05, 4.69) is 27.6 Å². The number of nitrogens with zero attached hydrogens (tertiary/aromatic N) is 1. The number of hydrogen-bond acceptors (Lipinski definition) is 2. The summed E-state index contributed by atoms with van der Waals surface area (Å²) in [7, 11) is 0. The van der Waals surface area contributed by atoms with Crippen LogP contribution in [-0.2, 0) is 4.74 Å². The third-order valence-corrected chi connectivity index (χ3v) is 4.33. The van der Waals surface area contributed by atoms with Crippen molar-refractivity contribution in [2.45, 2.75) is 16.8 Å². The Morgan fingerprint density at radius 2 is 2.20 bits per heavy atom. The third kappa shape index (κ3) is 2.66. The predicted molar refractivity (Wildman–Crippen MR) is 64.5 cm³/mol. The maximum atomic E-state index is 13.5. The molecule has 1 aromatic heterocycles. The fourth-order valence-electron chi connectivity index (χ4n) is 1.83. The van der Waals surface area contributed by atoms with Crippen LogP contribution >= 0.6 is 22.6 Å². The van der Waals surface area contributed by atoms with Crippen LogP contribution in [0, 0.1) is 11.7 Å². The van der Waals surface area contributed by atoms with Crippen molar-refractivity contribution in [3.63, 3.8) is 0 Å². The van der Waals surface area contributed by atoms with Crippen molar-refractivity contribution in [1.82, 2.24) is 4.98 Å². The van der Waals surface area contributed by atoms with Gasteiger partial charge in [0, 0.05) is 19.4 Å². The number of ether oxygens (including phenoxy) is 1. The molecule has 1 atom stereocenters. The highest BCUT2D eigenvalue weighted by atomic mass is 127. The number of pyridine rings is 1. The van der Waals surface area contributed by atoms with Gasteiger partial charge >= 0.3 is 0 Å². The van der Waals surface area contributed by atoms with E-state index in [-0.39, 0.29) is 9.74 Å². The number of halogens is 2. The highest BCUT2D eigenvalue weighted by molar-refractivity contribution is 14.1. The Morgan fingerprint density at radius 1 is 1.47 bits per heavy atom. The van der Waals surface area contributed by atoms with E-state index < -0.39 is 0 Å². The minimum absolute atomic E-state index is 0.160. The topological polar surface area (TPSA) is 22.1 Å². The summed E-state index contributed by atoms with van der Waals surface area (Å²) in [6.07, 6.45) is 3.66. The van der Waals surface area contributed by atoms with Gasteiger partial charge in [0.05, 0.1) is 9.62 Å². The summed E-state index contributed by atoms with van der Waals surface area (Å²) >= 11 is 2.29. The lowest BCUT2D eigenvalue weighted by atomic mass is 9.94. The van der Waals surface area contributed by atoms with Crippen LogP contribution in [0.2, 0.25) is 0 Å². The second-order valence-corrected chi connectivity index (χ2v) is 5.06. The average molecular weight is 321 g/mol. The fraction of sp³-hybridized carbons (Fsp3) is 0.545. The smallest absolute Gasteiger partial charge is 0.145 e. The molecule has 4 heteroatoms. The van der Waals surface area contributed by atoms with Gasteiger partial charge in [-0.3, -0.25) is 4.98 Å². The Morgan fingerprint density at radius 3 is 2.87 bits per heavy atom. The van der Waals surface area contributed by atoms with Gasteiger partial charge in [0.2, 0.25) is 0 Å². The summed E-state index contributed by atoms with van der Waals surface area (Å²) in [6, 6.07) is 3.11. The van der Waals surface area contributed by atoms with Gasteiger partial charge in [0.1, 0.15) is 5.82 Å². The monoisotopic (exact) mass is 321 g/mol. The van der Waals surface area contributed by atoms with Gasteiger partial charge in [0.15, 0.2) is 0 Å². The molecule has 15 heavy (non-hydrogen) atoms. The van der Waals surface area contributed by atoms with Crippen molar-refractivity contribution >= 4 is 22.6 Å². The van der Waals surface area contributed by atoms with Gasteiger partial charge in [-0.2, -0.15) is 0 Å². The molecule has 82 valence electrons. The molecule has 1 saturated heterocycles. The highest BCUT2D eigenvalue weighted by Gasteiger charge is 2.25. The maximum Gasteiger partial charge on any atom is 0.145 e. The van der Waals surface area contributed by atoms with Gasteiger partial charge in [-0.1, -0.05) is 22.6 Å². The van der Waals surface area contributed by atoms with Crippen LogP contribution in [0.4, 0.5) is 4.39 Å². The summed E-state index contributed by atoms with van der Waals surface area (Å²) < 4.78 is 19.0. The summed E-state index contributed by atoms with van der Waals surface area (Å²) in [5.74, 6) is 0.298. The van der Waals surface area contributed by atoms with E-state index in [4.69, 9.17) is 4.74 Å². The first kappa shape index (κ1) is 11.3. The molecule has 1 aromatic rings. The van der Waals surface area contributed by atoms with Gasteiger partial charge in [-0.05, 0) is 30.9 Å². The number of alkyl halides is 1. The SMILES string of the molecule is Fc1cccnc1C(I)C1CCOCC1. The van der Waals surface area contributed by atoms with E-state index in [1.165, 1.54) is 6.07 Å². The zero-order valence-electron chi connectivity index (χ0n) is 8.33. The molecule has 1 aliphatic heterocycles. The van der Waals surface area contributed by atoms with Crippen molar-refractivity contribution in [2.24, 2.45) is 5.92 Å². The van der Waals surface area contributed by atoms with Gasteiger partial charge in [0.25, 0.3) is 0 Å². The van der Waals surface area contributed by atoms with Crippen LogP contribution < -0.4 is 0 Å². The van der Waals surface area contributed by atoms with Crippen LogP contribution in [0.3, 0.4) is 0 Å². The molecule has 1 aliphatic rings. The Hall–Kier alpha value is -0.230. The van der Waals surface area contributed by atoms with Crippen molar-refractivity contribution in [2.75, 3.05) is 13.2 Å². The average Bonchev–Trinajstić information content (AvgIpc) is 2.30. The van der Waals surface area contributed by atoms with E-state index in [9.17, 15) is 4.39 Å². The molecular weight excluding hydrogens is 308 g/mol. The molecular formula is C11H13FINO. The molecule has 1 unspecified atom stereocenters. The largest absolute Gasteiger partial charge is 0.381 e. The van der Waals surface area contributed by atoms with Gasteiger partial charge in [-0.25, -0.2) is 4.39 Å². The molecule has 0 bridgehead atoms. The maximum absolute atomic E-state index is 13.5. The zero-order chi connectivity index (χ0) is 10.7. The lowest BCUT2D eigenvalue weighted by Gasteiger charge is -2.26. The Bertz CT molecular complexity index is 328. The first-order chi connectivity index (χ1) is 7.29. The lowest BCUT2D eigenvalue weighted by molar-refractivity contribution is 0.0664. The molecule has 2 heterocycles.